The highest BCUT2D eigenvalue weighted by molar-refractivity contribution is 7.89. The number of carbonyl (C=O) groups excluding carboxylic acids is 2. The van der Waals surface area contributed by atoms with Gasteiger partial charge in [0.05, 0.1) is 17.0 Å². The monoisotopic (exact) mass is 518 g/mol. The first-order valence-electron chi connectivity index (χ1n) is 11.5. The maximum atomic E-state index is 14.0. The molecule has 1 unspecified atom stereocenters. The van der Waals surface area contributed by atoms with E-state index in [1.807, 2.05) is 30.3 Å². The molecule has 4 aromatic rings. The van der Waals surface area contributed by atoms with Crippen molar-refractivity contribution in [1.82, 2.24) is 4.31 Å². The van der Waals surface area contributed by atoms with Gasteiger partial charge in [-0.3, -0.25) is 9.59 Å². The highest BCUT2D eigenvalue weighted by Crippen LogP contribution is 2.30. The van der Waals surface area contributed by atoms with E-state index < -0.39 is 27.9 Å². The second kappa shape index (κ2) is 9.85. The van der Waals surface area contributed by atoms with Crippen molar-refractivity contribution in [2.45, 2.75) is 23.8 Å². The number of sulfonamides is 1. The van der Waals surface area contributed by atoms with Crippen molar-refractivity contribution in [2.75, 3.05) is 11.4 Å². The van der Waals surface area contributed by atoms with E-state index in [2.05, 4.69) is 0 Å². The highest BCUT2D eigenvalue weighted by Gasteiger charge is 2.46. The number of amides is 2. The Kier molecular flexibility index (Phi) is 6.62. The molecular weight excluding hydrogens is 496 g/mol. The number of imide groups is 1. The predicted octanol–water partition coefficient (Wildman–Crippen LogP) is 5.06. The van der Waals surface area contributed by atoms with Crippen LogP contribution in [0.15, 0.2) is 102 Å². The number of halogens is 1. The van der Waals surface area contributed by atoms with Crippen LogP contribution in [0.3, 0.4) is 0 Å². The van der Waals surface area contributed by atoms with Gasteiger partial charge >= 0.3 is 0 Å². The third-order valence-corrected chi connectivity index (χ3v) is 8.46. The lowest BCUT2D eigenvalue weighted by Gasteiger charge is -2.27. The number of benzene rings is 4. The first kappa shape index (κ1) is 24.2. The molecule has 0 spiro atoms. The second-order valence-corrected chi connectivity index (χ2v) is 11.0. The topological polar surface area (TPSA) is 74.8 Å². The van der Waals surface area contributed by atoms with Gasteiger partial charge in [0.25, 0.3) is 5.91 Å². The number of carbonyl (C=O) groups is 2. The molecule has 36 heavy (non-hydrogen) atoms. The van der Waals surface area contributed by atoms with Gasteiger partial charge < -0.3 is 0 Å². The molecule has 0 aromatic heterocycles. The minimum Gasteiger partial charge on any atom is -0.274 e. The molecule has 1 atom stereocenters. The largest absolute Gasteiger partial charge is 0.274 e. The third kappa shape index (κ3) is 4.65. The molecule has 1 aliphatic heterocycles. The third-order valence-electron chi connectivity index (χ3n) is 6.32. The quantitative estimate of drug-likeness (QED) is 0.320. The summed E-state index contributed by atoms with van der Waals surface area (Å²) in [5.41, 5.74) is 1.26. The maximum absolute atomic E-state index is 14.0. The summed E-state index contributed by atoms with van der Waals surface area (Å²) in [6, 6.07) is 26.9. The summed E-state index contributed by atoms with van der Waals surface area (Å²) in [6.07, 6.45) is 0.104. The fraction of sp³-hybridized carbons (Fsp3) is 0.143. The number of para-hydroxylation sites is 1. The van der Waals surface area contributed by atoms with Crippen LogP contribution in [0.1, 0.15) is 12.0 Å². The molecule has 1 saturated heterocycles. The van der Waals surface area contributed by atoms with Gasteiger partial charge in [-0.15, -0.1) is 0 Å². The average molecular weight is 519 g/mol. The van der Waals surface area contributed by atoms with Gasteiger partial charge in [0.15, 0.2) is 0 Å². The molecular formula is C28H23ClN2O4S. The number of anilines is 1. The van der Waals surface area contributed by atoms with E-state index >= 15 is 0 Å². The van der Waals surface area contributed by atoms with Gasteiger partial charge in [-0.25, -0.2) is 13.3 Å². The van der Waals surface area contributed by atoms with Crippen molar-refractivity contribution in [3.05, 3.63) is 108 Å². The Morgan fingerprint density at radius 2 is 1.56 bits per heavy atom. The van der Waals surface area contributed by atoms with E-state index in [1.54, 1.807) is 66.7 Å². The van der Waals surface area contributed by atoms with Gasteiger partial charge in [-0.05, 0) is 59.2 Å². The molecule has 0 radical (unpaired) electrons. The van der Waals surface area contributed by atoms with E-state index in [-0.39, 0.29) is 17.9 Å². The zero-order valence-corrected chi connectivity index (χ0v) is 20.8. The van der Waals surface area contributed by atoms with E-state index in [1.165, 1.54) is 4.31 Å². The Bertz CT molecular complexity index is 1560. The van der Waals surface area contributed by atoms with Crippen molar-refractivity contribution < 1.29 is 18.0 Å². The fourth-order valence-electron chi connectivity index (χ4n) is 4.53. The first-order valence-corrected chi connectivity index (χ1v) is 13.3. The van der Waals surface area contributed by atoms with E-state index in [0.717, 1.165) is 21.2 Å². The van der Waals surface area contributed by atoms with Crippen LogP contribution >= 0.6 is 11.6 Å². The van der Waals surface area contributed by atoms with Gasteiger partial charge in [-0.2, -0.15) is 4.31 Å². The van der Waals surface area contributed by atoms with Crippen LogP contribution in [0, 0.1) is 0 Å². The van der Waals surface area contributed by atoms with Crippen molar-refractivity contribution in [3.8, 4) is 0 Å². The first-order chi connectivity index (χ1) is 17.3. The maximum Gasteiger partial charge on any atom is 0.252 e. The molecule has 182 valence electrons. The Labute approximate surface area is 214 Å². The molecule has 1 fully saturated rings. The molecule has 1 aliphatic rings. The summed E-state index contributed by atoms with van der Waals surface area (Å²) >= 11 is 6.12. The molecule has 4 aromatic carbocycles. The van der Waals surface area contributed by atoms with Gasteiger partial charge in [0, 0.05) is 11.6 Å². The van der Waals surface area contributed by atoms with Crippen LogP contribution in [0.4, 0.5) is 5.69 Å². The second-order valence-electron chi connectivity index (χ2n) is 8.63. The predicted molar refractivity (Wildman–Crippen MR) is 140 cm³/mol. The zero-order valence-electron chi connectivity index (χ0n) is 19.2. The fourth-order valence-corrected chi connectivity index (χ4v) is 6.36. The standard InChI is InChI=1S/C28H23ClN2O4S/c29-23-10-6-7-20(17-23)15-16-30(26-19-27(32)31(28(26)33)24-11-2-1-3-12-24)36(34,35)25-14-13-21-8-4-5-9-22(21)18-25/h1-14,17-18,26H,15-16,19H2. The van der Waals surface area contributed by atoms with Crippen LogP contribution < -0.4 is 4.90 Å². The van der Waals surface area contributed by atoms with Gasteiger partial charge in [0.1, 0.15) is 6.04 Å². The molecule has 0 saturated carbocycles. The Morgan fingerprint density at radius 3 is 2.31 bits per heavy atom. The summed E-state index contributed by atoms with van der Waals surface area (Å²) in [6.45, 7) is 0.0157. The Hall–Kier alpha value is -3.52. The van der Waals surface area contributed by atoms with Crippen LogP contribution in [-0.4, -0.2) is 37.1 Å². The Morgan fingerprint density at radius 1 is 0.833 bits per heavy atom. The molecule has 6 nitrogen and oxygen atoms in total. The molecule has 0 bridgehead atoms. The molecule has 5 rings (SSSR count). The normalized spacial score (nSPS) is 16.3. The van der Waals surface area contributed by atoms with Crippen LogP contribution in [0.5, 0.6) is 0 Å². The number of fused-ring (bicyclic) bond motifs is 1. The number of hydrogen-bond acceptors (Lipinski definition) is 4. The summed E-state index contributed by atoms with van der Waals surface area (Å²) in [5.74, 6) is -0.987. The van der Waals surface area contributed by atoms with Gasteiger partial charge in [-0.1, -0.05) is 72.3 Å². The van der Waals surface area contributed by atoms with E-state index in [9.17, 15) is 18.0 Å². The average Bonchev–Trinajstić information content (AvgIpc) is 3.17. The lowest BCUT2D eigenvalue weighted by molar-refractivity contribution is -0.122. The van der Waals surface area contributed by atoms with Gasteiger partial charge in [0.2, 0.25) is 15.9 Å². The van der Waals surface area contributed by atoms with Crippen molar-refractivity contribution in [1.29, 1.82) is 0 Å². The summed E-state index contributed by atoms with van der Waals surface area (Å²) in [5, 5.41) is 2.22. The van der Waals surface area contributed by atoms with Crippen LogP contribution in [0.25, 0.3) is 10.8 Å². The zero-order chi connectivity index (χ0) is 25.3. The smallest absolute Gasteiger partial charge is 0.252 e. The van der Waals surface area contributed by atoms with Crippen molar-refractivity contribution in [2.24, 2.45) is 0 Å². The minimum atomic E-state index is -4.12. The lowest BCUT2D eigenvalue weighted by Crippen LogP contribution is -2.46. The SMILES string of the molecule is O=C1CC(N(CCc2cccc(Cl)c2)S(=O)(=O)c2ccc3ccccc3c2)C(=O)N1c1ccccc1. The van der Waals surface area contributed by atoms with Crippen LogP contribution in [0.2, 0.25) is 5.02 Å². The lowest BCUT2D eigenvalue weighted by atomic mass is 10.1. The van der Waals surface area contributed by atoms with Crippen molar-refractivity contribution in [3.63, 3.8) is 0 Å². The van der Waals surface area contributed by atoms with E-state index in [0.29, 0.717) is 17.1 Å². The molecule has 8 heteroatoms. The summed E-state index contributed by atoms with van der Waals surface area (Å²) in [7, 11) is -4.12. The Balaban J connectivity index is 1.53. The molecule has 0 N–H and O–H groups in total. The molecule has 1 heterocycles. The summed E-state index contributed by atoms with van der Waals surface area (Å²) < 4.78 is 29.1. The van der Waals surface area contributed by atoms with E-state index in [4.69, 9.17) is 11.6 Å². The van der Waals surface area contributed by atoms with Crippen molar-refractivity contribution >= 4 is 49.9 Å². The number of nitrogens with zero attached hydrogens (tertiary/aromatic N) is 2. The van der Waals surface area contributed by atoms with Crippen LogP contribution in [-0.2, 0) is 26.0 Å². The molecule has 2 amide bonds. The summed E-state index contributed by atoms with van der Waals surface area (Å²) in [4.78, 5) is 27.6. The minimum absolute atomic E-state index is 0.0157. The molecule has 0 aliphatic carbocycles. The highest BCUT2D eigenvalue weighted by atomic mass is 35.5. The number of rotatable bonds is 7. The number of hydrogen-bond donors (Lipinski definition) is 0.